The standard InChI is InChI=1S/C20H30N6/c1-3-21-20(23-13-19-14-24-25(2)15-19)22-12-17-6-8-18(9-7-17)16-26-10-4-5-11-26/h6-9,14-15H,3-5,10-13,16H2,1-2H3,(H2,21,22,23). The molecule has 2 aromatic rings. The first kappa shape index (κ1) is 18.5. The van der Waals surface area contributed by atoms with Crippen LogP contribution >= 0.6 is 0 Å². The van der Waals surface area contributed by atoms with E-state index in [1.807, 2.05) is 19.4 Å². The summed E-state index contributed by atoms with van der Waals surface area (Å²) < 4.78 is 1.80. The van der Waals surface area contributed by atoms with Crippen LogP contribution in [0.3, 0.4) is 0 Å². The topological polar surface area (TPSA) is 57.5 Å². The maximum Gasteiger partial charge on any atom is 0.191 e. The smallest absolute Gasteiger partial charge is 0.191 e. The van der Waals surface area contributed by atoms with E-state index in [0.29, 0.717) is 6.54 Å². The molecule has 0 radical (unpaired) electrons. The Balaban J connectivity index is 1.51. The number of aryl methyl sites for hydroxylation is 1. The Labute approximate surface area is 156 Å². The Morgan fingerprint density at radius 2 is 1.81 bits per heavy atom. The fourth-order valence-electron chi connectivity index (χ4n) is 3.21. The van der Waals surface area contributed by atoms with E-state index < -0.39 is 0 Å². The molecule has 26 heavy (non-hydrogen) atoms. The summed E-state index contributed by atoms with van der Waals surface area (Å²) in [5.74, 6) is 0.831. The van der Waals surface area contributed by atoms with E-state index in [1.54, 1.807) is 4.68 Å². The quantitative estimate of drug-likeness (QED) is 0.592. The molecule has 0 aliphatic carbocycles. The van der Waals surface area contributed by atoms with Crippen molar-refractivity contribution >= 4 is 5.96 Å². The van der Waals surface area contributed by atoms with E-state index in [9.17, 15) is 0 Å². The Morgan fingerprint density at radius 3 is 2.46 bits per heavy atom. The number of nitrogens with zero attached hydrogens (tertiary/aromatic N) is 4. The molecule has 1 aromatic carbocycles. The van der Waals surface area contributed by atoms with Gasteiger partial charge in [0.15, 0.2) is 5.96 Å². The predicted octanol–water partition coefficient (Wildman–Crippen LogP) is 2.27. The minimum Gasteiger partial charge on any atom is -0.357 e. The number of aliphatic imine (C=N–C) groups is 1. The zero-order valence-corrected chi connectivity index (χ0v) is 15.9. The monoisotopic (exact) mass is 354 g/mol. The lowest BCUT2D eigenvalue weighted by molar-refractivity contribution is 0.331. The summed E-state index contributed by atoms with van der Waals surface area (Å²) in [6.07, 6.45) is 6.53. The van der Waals surface area contributed by atoms with Crippen molar-refractivity contribution in [2.75, 3.05) is 19.6 Å². The second kappa shape index (κ2) is 9.38. The molecule has 0 atom stereocenters. The number of hydrogen-bond acceptors (Lipinski definition) is 3. The fourth-order valence-corrected chi connectivity index (χ4v) is 3.21. The minimum absolute atomic E-state index is 0.623. The molecule has 2 heterocycles. The van der Waals surface area contributed by atoms with Crippen LogP contribution in [0.1, 0.15) is 36.5 Å². The van der Waals surface area contributed by atoms with Crippen molar-refractivity contribution in [3.8, 4) is 0 Å². The molecule has 6 heteroatoms. The van der Waals surface area contributed by atoms with Crippen LogP contribution in [-0.2, 0) is 26.7 Å². The third-order valence-corrected chi connectivity index (χ3v) is 4.61. The van der Waals surface area contributed by atoms with Gasteiger partial charge in [0.1, 0.15) is 0 Å². The van der Waals surface area contributed by atoms with E-state index >= 15 is 0 Å². The van der Waals surface area contributed by atoms with Gasteiger partial charge in [-0.25, -0.2) is 4.99 Å². The average Bonchev–Trinajstić information content (AvgIpc) is 3.30. The number of hydrogen-bond donors (Lipinski definition) is 2. The van der Waals surface area contributed by atoms with Crippen LogP contribution in [0.4, 0.5) is 0 Å². The molecule has 1 saturated heterocycles. The molecule has 0 amide bonds. The van der Waals surface area contributed by atoms with Gasteiger partial charge in [0.05, 0.1) is 12.7 Å². The zero-order chi connectivity index (χ0) is 18.2. The van der Waals surface area contributed by atoms with Gasteiger partial charge in [-0.15, -0.1) is 0 Å². The van der Waals surface area contributed by atoms with Gasteiger partial charge in [0.2, 0.25) is 0 Å². The maximum absolute atomic E-state index is 4.63. The SMILES string of the molecule is CCNC(=NCc1cnn(C)c1)NCc1ccc(CN2CCCC2)cc1. The second-order valence-corrected chi connectivity index (χ2v) is 6.87. The molecular formula is C20H30N6. The largest absolute Gasteiger partial charge is 0.357 e. The average molecular weight is 355 g/mol. The molecule has 0 spiro atoms. The van der Waals surface area contributed by atoms with Crippen molar-refractivity contribution < 1.29 is 0 Å². The number of rotatable bonds is 7. The molecule has 1 aliphatic rings. The Kier molecular flexibility index (Phi) is 6.66. The number of benzene rings is 1. The number of nitrogens with one attached hydrogen (secondary N) is 2. The van der Waals surface area contributed by atoms with Crippen molar-refractivity contribution in [3.63, 3.8) is 0 Å². The lowest BCUT2D eigenvalue weighted by Crippen LogP contribution is -2.36. The van der Waals surface area contributed by atoms with Gasteiger partial charge in [-0.05, 0) is 44.0 Å². The maximum atomic E-state index is 4.63. The van der Waals surface area contributed by atoms with Gasteiger partial charge in [0, 0.05) is 38.4 Å². The zero-order valence-electron chi connectivity index (χ0n) is 15.9. The van der Waals surface area contributed by atoms with Gasteiger partial charge in [0.25, 0.3) is 0 Å². The highest BCUT2D eigenvalue weighted by Gasteiger charge is 2.11. The summed E-state index contributed by atoms with van der Waals surface area (Å²) in [4.78, 5) is 7.16. The first-order valence-corrected chi connectivity index (χ1v) is 9.53. The summed E-state index contributed by atoms with van der Waals surface area (Å²) in [7, 11) is 1.92. The van der Waals surface area contributed by atoms with E-state index in [4.69, 9.17) is 0 Å². The van der Waals surface area contributed by atoms with Gasteiger partial charge in [-0.3, -0.25) is 9.58 Å². The van der Waals surface area contributed by atoms with Crippen molar-refractivity contribution in [3.05, 3.63) is 53.3 Å². The molecule has 6 nitrogen and oxygen atoms in total. The van der Waals surface area contributed by atoms with Crippen molar-refractivity contribution in [1.29, 1.82) is 0 Å². The minimum atomic E-state index is 0.623. The van der Waals surface area contributed by atoms with Crippen LogP contribution in [-0.4, -0.2) is 40.3 Å². The van der Waals surface area contributed by atoms with Gasteiger partial charge < -0.3 is 10.6 Å². The number of likely N-dealkylation sites (tertiary alicyclic amines) is 1. The first-order valence-electron chi connectivity index (χ1n) is 9.53. The summed E-state index contributed by atoms with van der Waals surface area (Å²) in [6, 6.07) is 8.91. The van der Waals surface area contributed by atoms with E-state index in [0.717, 1.165) is 31.2 Å². The van der Waals surface area contributed by atoms with Gasteiger partial charge >= 0.3 is 0 Å². The molecular weight excluding hydrogens is 324 g/mol. The third kappa shape index (κ3) is 5.59. The lowest BCUT2D eigenvalue weighted by Gasteiger charge is -2.15. The Morgan fingerprint density at radius 1 is 1.08 bits per heavy atom. The first-order chi connectivity index (χ1) is 12.7. The number of aromatic nitrogens is 2. The molecule has 2 N–H and O–H groups in total. The molecule has 1 aromatic heterocycles. The lowest BCUT2D eigenvalue weighted by atomic mass is 10.1. The van der Waals surface area contributed by atoms with Crippen molar-refractivity contribution in [1.82, 2.24) is 25.3 Å². The van der Waals surface area contributed by atoms with Gasteiger partial charge in [-0.1, -0.05) is 24.3 Å². The molecule has 140 valence electrons. The predicted molar refractivity (Wildman–Crippen MR) is 106 cm³/mol. The van der Waals surface area contributed by atoms with Crippen LogP contribution in [0.15, 0.2) is 41.7 Å². The summed E-state index contributed by atoms with van der Waals surface area (Å²) in [5, 5.41) is 10.9. The molecule has 1 fully saturated rings. The third-order valence-electron chi connectivity index (χ3n) is 4.61. The summed E-state index contributed by atoms with van der Waals surface area (Å²) >= 11 is 0. The molecule has 0 unspecified atom stereocenters. The summed E-state index contributed by atoms with van der Waals surface area (Å²) in [6.45, 7) is 7.86. The van der Waals surface area contributed by atoms with Gasteiger partial charge in [-0.2, -0.15) is 5.10 Å². The van der Waals surface area contributed by atoms with Crippen LogP contribution < -0.4 is 10.6 Å². The normalized spacial score (nSPS) is 15.4. The van der Waals surface area contributed by atoms with E-state index in [2.05, 4.69) is 56.8 Å². The van der Waals surface area contributed by atoms with Crippen LogP contribution in [0.5, 0.6) is 0 Å². The Hall–Kier alpha value is -2.34. The molecule has 0 bridgehead atoms. The highest BCUT2D eigenvalue weighted by Crippen LogP contribution is 2.13. The van der Waals surface area contributed by atoms with Crippen LogP contribution in [0.2, 0.25) is 0 Å². The van der Waals surface area contributed by atoms with Crippen molar-refractivity contribution in [2.24, 2.45) is 12.0 Å². The Bertz CT molecular complexity index is 697. The highest BCUT2D eigenvalue weighted by molar-refractivity contribution is 5.79. The molecule has 1 aliphatic heterocycles. The fraction of sp³-hybridized carbons (Fsp3) is 0.500. The van der Waals surface area contributed by atoms with Crippen molar-refractivity contribution in [2.45, 2.75) is 39.4 Å². The van der Waals surface area contributed by atoms with E-state index in [1.165, 1.54) is 37.1 Å². The number of guanidine groups is 1. The van der Waals surface area contributed by atoms with E-state index in [-0.39, 0.29) is 0 Å². The highest BCUT2D eigenvalue weighted by atomic mass is 15.2. The molecule has 0 saturated carbocycles. The van der Waals surface area contributed by atoms with Crippen LogP contribution in [0.25, 0.3) is 0 Å². The van der Waals surface area contributed by atoms with Crippen LogP contribution in [0, 0.1) is 0 Å². The second-order valence-electron chi connectivity index (χ2n) is 6.87. The molecule has 3 rings (SSSR count). The summed E-state index contributed by atoms with van der Waals surface area (Å²) in [5.41, 5.74) is 3.77.